The van der Waals surface area contributed by atoms with Crippen molar-refractivity contribution in [3.05, 3.63) is 41.0 Å². The molecule has 2 aliphatic rings. The maximum Gasteiger partial charge on any atom is 0.181 e. The number of aromatic nitrogens is 4. The van der Waals surface area contributed by atoms with Crippen LogP contribution in [0, 0.1) is 5.92 Å². The van der Waals surface area contributed by atoms with E-state index in [4.69, 9.17) is 4.98 Å². The van der Waals surface area contributed by atoms with Crippen molar-refractivity contribution in [2.45, 2.75) is 44.1 Å². The SMILES string of the molecule is Cn1cc2cc(-c3cc(C4CC4)c4cc([C@H](O)C5CCC5)sc4n3)cnc2n1. The van der Waals surface area contributed by atoms with Gasteiger partial charge in [0.05, 0.1) is 11.8 Å². The van der Waals surface area contributed by atoms with Crippen LogP contribution in [0.5, 0.6) is 0 Å². The molecule has 0 unspecified atom stereocenters. The Morgan fingerprint density at radius 2 is 2.04 bits per heavy atom. The van der Waals surface area contributed by atoms with E-state index in [1.165, 1.54) is 30.2 Å². The van der Waals surface area contributed by atoms with Crippen LogP contribution in [-0.2, 0) is 7.05 Å². The number of aryl methyl sites for hydroxylation is 1. The number of nitrogens with zero attached hydrogens (tertiary/aromatic N) is 4. The molecule has 142 valence electrons. The van der Waals surface area contributed by atoms with Crippen molar-refractivity contribution in [1.29, 1.82) is 0 Å². The van der Waals surface area contributed by atoms with Crippen molar-refractivity contribution >= 4 is 32.6 Å². The summed E-state index contributed by atoms with van der Waals surface area (Å²) in [5.74, 6) is 1.05. The molecule has 0 bridgehead atoms. The largest absolute Gasteiger partial charge is 0.387 e. The first-order chi connectivity index (χ1) is 13.7. The van der Waals surface area contributed by atoms with E-state index in [0.29, 0.717) is 11.8 Å². The number of thiophene rings is 1. The standard InChI is InChI=1S/C22H22N4OS/c1-26-11-15-7-14(10-23-21(15)25-26)18-8-16(12-5-6-12)17-9-19(28-22(17)24-18)20(27)13-3-2-4-13/h7-13,20,27H,2-6H2,1H3/t20-/m1/s1. The summed E-state index contributed by atoms with van der Waals surface area (Å²) in [5, 5.41) is 17.4. The van der Waals surface area contributed by atoms with Gasteiger partial charge in [-0.15, -0.1) is 11.3 Å². The molecule has 0 aliphatic heterocycles. The molecule has 4 heterocycles. The number of pyridine rings is 2. The molecule has 5 nitrogen and oxygen atoms in total. The highest BCUT2D eigenvalue weighted by atomic mass is 32.1. The minimum absolute atomic E-state index is 0.336. The van der Waals surface area contributed by atoms with E-state index >= 15 is 0 Å². The maximum absolute atomic E-state index is 10.8. The van der Waals surface area contributed by atoms with Crippen LogP contribution < -0.4 is 0 Å². The first-order valence-electron chi connectivity index (χ1n) is 10.1. The van der Waals surface area contributed by atoms with Crippen molar-refractivity contribution in [1.82, 2.24) is 19.7 Å². The van der Waals surface area contributed by atoms with Crippen LogP contribution in [0.15, 0.2) is 30.6 Å². The van der Waals surface area contributed by atoms with E-state index < -0.39 is 0 Å². The zero-order valence-corrected chi connectivity index (χ0v) is 16.6. The summed E-state index contributed by atoms with van der Waals surface area (Å²) >= 11 is 1.66. The fourth-order valence-electron chi connectivity index (χ4n) is 4.24. The highest BCUT2D eigenvalue weighted by Crippen LogP contribution is 2.47. The van der Waals surface area contributed by atoms with E-state index in [2.05, 4.69) is 28.3 Å². The Balaban J connectivity index is 1.48. The minimum atomic E-state index is -0.336. The van der Waals surface area contributed by atoms with Gasteiger partial charge in [-0.2, -0.15) is 5.10 Å². The van der Waals surface area contributed by atoms with E-state index in [0.717, 1.165) is 44.8 Å². The number of hydrogen-bond acceptors (Lipinski definition) is 5. The van der Waals surface area contributed by atoms with E-state index in [9.17, 15) is 5.11 Å². The summed E-state index contributed by atoms with van der Waals surface area (Å²) in [4.78, 5) is 11.6. The molecule has 6 heteroatoms. The minimum Gasteiger partial charge on any atom is -0.387 e. The van der Waals surface area contributed by atoms with Gasteiger partial charge in [0.25, 0.3) is 0 Å². The molecule has 4 aromatic rings. The van der Waals surface area contributed by atoms with E-state index in [-0.39, 0.29) is 6.10 Å². The number of fused-ring (bicyclic) bond motifs is 2. The molecular formula is C22H22N4OS. The third-order valence-corrected chi connectivity index (χ3v) is 7.33. The van der Waals surface area contributed by atoms with Crippen LogP contribution in [0.4, 0.5) is 0 Å². The Hall–Kier alpha value is -2.31. The molecule has 28 heavy (non-hydrogen) atoms. The number of aliphatic hydroxyl groups is 1. The van der Waals surface area contributed by atoms with Gasteiger partial charge in [-0.3, -0.25) is 4.68 Å². The Labute approximate surface area is 167 Å². The monoisotopic (exact) mass is 390 g/mol. The predicted octanol–water partition coefficient (Wildman–Crippen LogP) is 4.96. The summed E-state index contributed by atoms with van der Waals surface area (Å²) in [5.41, 5.74) is 4.14. The molecule has 0 saturated heterocycles. The smallest absolute Gasteiger partial charge is 0.181 e. The van der Waals surface area contributed by atoms with Gasteiger partial charge in [0.1, 0.15) is 4.83 Å². The topological polar surface area (TPSA) is 63.8 Å². The molecule has 0 amide bonds. The van der Waals surface area contributed by atoms with Gasteiger partial charge in [0, 0.05) is 40.7 Å². The molecule has 0 radical (unpaired) electrons. The summed E-state index contributed by atoms with van der Waals surface area (Å²) in [7, 11) is 1.91. The molecular weight excluding hydrogens is 368 g/mol. The first-order valence-corrected chi connectivity index (χ1v) is 10.9. The molecule has 6 rings (SSSR count). The second-order valence-electron chi connectivity index (χ2n) is 8.31. The van der Waals surface area contributed by atoms with Gasteiger partial charge in [-0.05, 0) is 61.3 Å². The highest BCUT2D eigenvalue weighted by molar-refractivity contribution is 7.18. The fraction of sp³-hybridized carbons (Fsp3) is 0.409. The van der Waals surface area contributed by atoms with Gasteiger partial charge < -0.3 is 5.11 Å². The second kappa shape index (κ2) is 6.09. The summed E-state index contributed by atoms with van der Waals surface area (Å²) in [6.45, 7) is 0. The highest BCUT2D eigenvalue weighted by Gasteiger charge is 2.31. The Morgan fingerprint density at radius 3 is 2.79 bits per heavy atom. The van der Waals surface area contributed by atoms with Gasteiger partial charge in [-0.25, -0.2) is 9.97 Å². The quantitative estimate of drug-likeness (QED) is 0.535. The van der Waals surface area contributed by atoms with Crippen LogP contribution in [-0.4, -0.2) is 24.9 Å². The first kappa shape index (κ1) is 16.6. The third-order valence-electron chi connectivity index (χ3n) is 6.23. The lowest BCUT2D eigenvalue weighted by molar-refractivity contribution is 0.0650. The average molecular weight is 391 g/mol. The molecule has 2 saturated carbocycles. The van der Waals surface area contributed by atoms with Crippen molar-refractivity contribution in [2.24, 2.45) is 13.0 Å². The average Bonchev–Trinajstić information content (AvgIpc) is 3.27. The van der Waals surface area contributed by atoms with Gasteiger partial charge in [0.15, 0.2) is 5.65 Å². The van der Waals surface area contributed by atoms with Crippen LogP contribution in [0.3, 0.4) is 0 Å². The van der Waals surface area contributed by atoms with Crippen LogP contribution in [0.2, 0.25) is 0 Å². The Kier molecular flexibility index (Phi) is 3.62. The zero-order valence-electron chi connectivity index (χ0n) is 15.8. The van der Waals surface area contributed by atoms with Crippen molar-refractivity contribution < 1.29 is 5.11 Å². The third kappa shape index (κ3) is 2.66. The molecule has 4 aromatic heterocycles. The van der Waals surface area contributed by atoms with Crippen molar-refractivity contribution in [3.63, 3.8) is 0 Å². The van der Waals surface area contributed by atoms with Crippen LogP contribution in [0.1, 0.15) is 54.6 Å². The predicted molar refractivity (Wildman–Crippen MR) is 111 cm³/mol. The van der Waals surface area contributed by atoms with Gasteiger partial charge in [0.2, 0.25) is 0 Å². The zero-order chi connectivity index (χ0) is 18.8. The van der Waals surface area contributed by atoms with E-state index in [1.54, 1.807) is 16.0 Å². The lowest BCUT2D eigenvalue weighted by Crippen LogP contribution is -2.19. The second-order valence-corrected chi connectivity index (χ2v) is 9.38. The Morgan fingerprint density at radius 1 is 1.18 bits per heavy atom. The summed E-state index contributed by atoms with van der Waals surface area (Å²) in [6.07, 6.45) is 9.54. The molecule has 0 aromatic carbocycles. The molecule has 0 spiro atoms. The summed E-state index contributed by atoms with van der Waals surface area (Å²) < 4.78 is 1.79. The fourth-order valence-corrected chi connectivity index (χ4v) is 5.39. The van der Waals surface area contributed by atoms with Crippen LogP contribution >= 0.6 is 11.3 Å². The number of hydrogen-bond donors (Lipinski definition) is 1. The van der Waals surface area contributed by atoms with Crippen molar-refractivity contribution in [3.8, 4) is 11.3 Å². The number of aliphatic hydroxyl groups excluding tert-OH is 1. The molecule has 1 N–H and O–H groups in total. The Bertz CT molecular complexity index is 1200. The molecule has 2 aliphatic carbocycles. The number of rotatable bonds is 4. The van der Waals surface area contributed by atoms with Gasteiger partial charge >= 0.3 is 0 Å². The lowest BCUT2D eigenvalue weighted by Gasteiger charge is -2.29. The van der Waals surface area contributed by atoms with E-state index in [1.807, 2.05) is 19.4 Å². The van der Waals surface area contributed by atoms with Gasteiger partial charge in [-0.1, -0.05) is 6.42 Å². The summed E-state index contributed by atoms with van der Waals surface area (Å²) in [6, 6.07) is 6.57. The maximum atomic E-state index is 10.8. The molecule has 1 atom stereocenters. The normalized spacial score (nSPS) is 18.6. The lowest BCUT2D eigenvalue weighted by atomic mass is 9.80. The van der Waals surface area contributed by atoms with Crippen LogP contribution in [0.25, 0.3) is 32.5 Å². The molecule has 2 fully saturated rings. The van der Waals surface area contributed by atoms with Crippen molar-refractivity contribution in [2.75, 3.05) is 0 Å².